The molecule has 218 valence electrons. The van der Waals surface area contributed by atoms with Gasteiger partial charge in [0, 0.05) is 36.5 Å². The maximum Gasteiger partial charge on any atom is 0.191 e. The van der Waals surface area contributed by atoms with E-state index in [0.717, 1.165) is 22.5 Å². The third kappa shape index (κ3) is 4.81. The molecule has 2 aliphatic rings. The molecule has 0 N–H and O–H groups in total. The number of Topliss-reactive ketones (excluding diaryl/α,β-unsaturated/α-hetero) is 1. The molecule has 0 amide bonds. The van der Waals surface area contributed by atoms with Crippen LogP contribution in [0.15, 0.2) is 71.7 Å². The fourth-order valence-electron chi connectivity index (χ4n) is 6.54. The number of benzene rings is 1. The van der Waals surface area contributed by atoms with E-state index in [4.69, 9.17) is 11.6 Å². The van der Waals surface area contributed by atoms with Crippen LogP contribution in [-0.2, 0) is 23.2 Å². The molecule has 6 rings (SSSR count). The smallest absolute Gasteiger partial charge is 0.191 e. The van der Waals surface area contributed by atoms with Gasteiger partial charge < -0.3 is 0 Å². The second-order valence-corrected chi connectivity index (χ2v) is 13.9. The lowest BCUT2D eigenvalue weighted by atomic mass is 9.60. The van der Waals surface area contributed by atoms with Crippen molar-refractivity contribution >= 4 is 39.0 Å². The van der Waals surface area contributed by atoms with Gasteiger partial charge in [0.15, 0.2) is 10.8 Å². The Kier molecular flexibility index (Phi) is 7.19. The van der Waals surface area contributed by atoms with Crippen molar-refractivity contribution in [1.82, 2.24) is 28.9 Å². The Labute approximate surface area is 250 Å². The van der Waals surface area contributed by atoms with Crippen LogP contribution in [0.3, 0.4) is 0 Å². The molecule has 0 bridgehead atoms. The summed E-state index contributed by atoms with van der Waals surface area (Å²) in [6.45, 7) is 4.00. The predicted octanol–water partition coefficient (Wildman–Crippen LogP) is 5.56. The number of hydrogen-bond acceptors (Lipinski definition) is 5. The van der Waals surface area contributed by atoms with Gasteiger partial charge in [-0.2, -0.15) is 10.2 Å². The average molecular weight is 607 g/mol. The Balaban J connectivity index is 1.46. The molecule has 2 aliphatic carbocycles. The van der Waals surface area contributed by atoms with Gasteiger partial charge in [0.2, 0.25) is 0 Å². The number of nitrogens with zero attached hydrogens (tertiary/aromatic N) is 6. The molecular weight excluding hydrogens is 575 g/mol. The molecule has 1 unspecified atom stereocenters. The maximum atomic E-state index is 14.5. The van der Waals surface area contributed by atoms with Crippen LogP contribution in [-0.4, -0.2) is 56.8 Å². The highest BCUT2D eigenvalue weighted by Gasteiger charge is 2.51. The number of carbonyl (C=O) groups is 1. The molecule has 42 heavy (non-hydrogen) atoms. The third-order valence-corrected chi connectivity index (χ3v) is 10.8. The summed E-state index contributed by atoms with van der Waals surface area (Å²) in [7, 11) is -1.16. The lowest BCUT2D eigenvalue weighted by Crippen LogP contribution is -2.52. The number of hydrogen-bond donors (Lipinski definition) is 0. The van der Waals surface area contributed by atoms with E-state index in [2.05, 4.69) is 21.1 Å². The normalized spacial score (nSPS) is 21.5. The second kappa shape index (κ2) is 10.6. The summed E-state index contributed by atoms with van der Waals surface area (Å²) in [6, 6.07) is 10.8. The van der Waals surface area contributed by atoms with Gasteiger partial charge in [0.1, 0.15) is 11.5 Å². The van der Waals surface area contributed by atoms with Gasteiger partial charge in [-0.05, 0) is 99.5 Å². The van der Waals surface area contributed by atoms with Crippen LogP contribution in [0.4, 0.5) is 4.39 Å². The number of aromatic nitrogens is 5. The lowest BCUT2D eigenvalue weighted by Gasteiger charge is -2.48. The van der Waals surface area contributed by atoms with Gasteiger partial charge in [-0.1, -0.05) is 17.2 Å². The number of allylic oxidation sites excluding steroid dienone is 1. The van der Waals surface area contributed by atoms with Crippen molar-refractivity contribution in [2.75, 3.05) is 0 Å². The minimum absolute atomic E-state index is 0.121. The van der Waals surface area contributed by atoms with Crippen LogP contribution >= 0.6 is 11.6 Å². The second-order valence-electron chi connectivity index (χ2n) is 11.4. The summed E-state index contributed by atoms with van der Waals surface area (Å²) in [4.78, 5) is 19.0. The molecule has 8 nitrogen and oxygen atoms in total. The molecule has 11 heteroatoms. The molecule has 1 saturated carbocycles. The molecule has 0 aliphatic heterocycles. The fraction of sp³-hybridized carbons (Fsp3) is 0.323. The largest absolute Gasteiger partial charge is 0.291 e. The van der Waals surface area contributed by atoms with E-state index in [1.807, 2.05) is 24.2 Å². The minimum atomic E-state index is -2.95. The van der Waals surface area contributed by atoms with E-state index >= 15 is 0 Å². The monoisotopic (exact) mass is 606 g/mol. The Bertz CT molecular complexity index is 1810. The van der Waals surface area contributed by atoms with E-state index in [1.165, 1.54) is 12.1 Å². The first-order valence-electron chi connectivity index (χ1n) is 13.9. The fourth-order valence-corrected chi connectivity index (χ4v) is 8.79. The van der Waals surface area contributed by atoms with Gasteiger partial charge in [-0.25, -0.2) is 17.6 Å². The van der Waals surface area contributed by atoms with Gasteiger partial charge in [-0.15, -0.1) is 0 Å². The topological polar surface area (TPSA) is 85.9 Å². The number of fused-ring (bicyclic) bond motifs is 2. The molecule has 0 spiro atoms. The Morgan fingerprint density at radius 1 is 1.24 bits per heavy atom. The molecule has 3 atom stereocenters. The molecule has 4 aromatic rings. The van der Waals surface area contributed by atoms with Crippen molar-refractivity contribution in [3.05, 3.63) is 94.4 Å². The molecule has 0 saturated heterocycles. The van der Waals surface area contributed by atoms with Gasteiger partial charge in [-0.3, -0.25) is 14.5 Å². The van der Waals surface area contributed by atoms with Crippen LogP contribution in [0.1, 0.15) is 54.9 Å². The van der Waals surface area contributed by atoms with Crippen molar-refractivity contribution in [2.24, 2.45) is 12.5 Å². The number of carbonyl (C=O) groups excluding carboxylic acids is 1. The summed E-state index contributed by atoms with van der Waals surface area (Å²) >= 11 is 6.30. The first-order chi connectivity index (χ1) is 20.0. The number of pyridine rings is 1. The van der Waals surface area contributed by atoms with E-state index in [0.29, 0.717) is 41.4 Å². The number of halogens is 2. The van der Waals surface area contributed by atoms with E-state index < -0.39 is 15.1 Å². The number of rotatable bonds is 7. The van der Waals surface area contributed by atoms with Crippen molar-refractivity contribution < 1.29 is 13.4 Å². The van der Waals surface area contributed by atoms with Gasteiger partial charge in [0.25, 0.3) is 0 Å². The maximum absolute atomic E-state index is 14.5. The summed E-state index contributed by atoms with van der Waals surface area (Å²) in [6.07, 6.45) is 9.23. The quantitative estimate of drug-likeness (QED) is 0.203. The van der Waals surface area contributed by atoms with Gasteiger partial charge in [0.05, 0.1) is 32.7 Å². The van der Waals surface area contributed by atoms with E-state index in [-0.39, 0.29) is 23.7 Å². The zero-order valence-corrected chi connectivity index (χ0v) is 25.3. The lowest BCUT2D eigenvalue weighted by molar-refractivity contribution is 0.0726. The number of aryl methyl sites for hydroxylation is 1. The molecule has 3 heterocycles. The molecule has 0 radical (unpaired) electrons. The van der Waals surface area contributed by atoms with Crippen LogP contribution in [0.5, 0.6) is 0 Å². The van der Waals surface area contributed by atoms with Crippen molar-refractivity contribution in [2.45, 2.75) is 56.6 Å². The Morgan fingerprint density at radius 2 is 2.00 bits per heavy atom. The van der Waals surface area contributed by atoms with E-state index in [9.17, 15) is 13.4 Å². The predicted molar refractivity (Wildman–Crippen MR) is 163 cm³/mol. The summed E-state index contributed by atoms with van der Waals surface area (Å²) in [5, 5.41) is 9.91. The SMILES string of the molecule is C=S(=O)(c1ccn(C)n1)N(C(C)C)[C@H]1CCC2=Cc3c(cnn3-c3ccc(F)cc3)C[C@]2(C(=O)c2cc(Cl)ccn2)C1. The van der Waals surface area contributed by atoms with Crippen LogP contribution < -0.4 is 0 Å². The van der Waals surface area contributed by atoms with Crippen LogP contribution in [0, 0.1) is 11.2 Å². The summed E-state index contributed by atoms with van der Waals surface area (Å²) < 4.78 is 33.3. The Morgan fingerprint density at radius 3 is 2.67 bits per heavy atom. The molecular formula is C31H32ClFN6O2S. The standard InChI is InChI=1S/C31H32ClFN6O2S/c1-20(2)39(42(4,41)29-12-14-37(3)36-29)26-8-5-22-15-28-21(19-35-38(28)25-9-6-24(33)7-10-25)17-31(22,18-26)30(40)27-16-23(32)11-13-34-27/h6-7,9-16,19-20,26H,4-5,8,17-18H2,1-3H3/t26-,31-,42?/m0/s1. The van der Waals surface area contributed by atoms with E-state index in [1.54, 1.807) is 65.3 Å². The molecule has 3 aromatic heterocycles. The zero-order chi connectivity index (χ0) is 29.8. The van der Waals surface area contributed by atoms with Gasteiger partial charge >= 0.3 is 0 Å². The highest BCUT2D eigenvalue weighted by Crippen LogP contribution is 2.51. The first-order valence-corrected chi connectivity index (χ1v) is 15.9. The highest BCUT2D eigenvalue weighted by atomic mass is 35.5. The Hall–Kier alpha value is -3.60. The third-order valence-electron chi connectivity index (χ3n) is 8.32. The minimum Gasteiger partial charge on any atom is -0.291 e. The van der Waals surface area contributed by atoms with Crippen molar-refractivity contribution in [3.8, 4) is 5.69 Å². The summed E-state index contributed by atoms with van der Waals surface area (Å²) in [5.74, 6) is 3.73. The zero-order valence-electron chi connectivity index (χ0n) is 23.7. The van der Waals surface area contributed by atoms with Crippen molar-refractivity contribution in [1.29, 1.82) is 0 Å². The first kappa shape index (κ1) is 28.5. The van der Waals surface area contributed by atoms with Crippen LogP contribution in [0.25, 0.3) is 11.8 Å². The summed E-state index contributed by atoms with van der Waals surface area (Å²) in [5.41, 5.74) is 2.81. The molecule has 1 fully saturated rings. The van der Waals surface area contributed by atoms with Crippen molar-refractivity contribution in [3.63, 3.8) is 0 Å². The average Bonchev–Trinajstić information content (AvgIpc) is 3.57. The molecule has 1 aromatic carbocycles. The van der Waals surface area contributed by atoms with Crippen LogP contribution in [0.2, 0.25) is 5.02 Å². The number of ketones is 1. The highest BCUT2D eigenvalue weighted by molar-refractivity contribution is 7.98.